The average Bonchev–Trinajstić information content (AvgIpc) is 3.19. The fourth-order valence-corrected chi connectivity index (χ4v) is 4.18. The third kappa shape index (κ3) is 4.51. The highest BCUT2D eigenvalue weighted by atomic mass is 19.4. The number of H-pyrrole nitrogens is 1. The number of rotatable bonds is 4. The minimum atomic E-state index is -4.34. The molecule has 1 fully saturated rings. The molecule has 2 N–H and O–H groups in total. The first-order chi connectivity index (χ1) is 15.9. The van der Waals surface area contributed by atoms with Crippen LogP contribution in [-0.2, 0) is 12.6 Å². The van der Waals surface area contributed by atoms with Crippen LogP contribution in [0.15, 0.2) is 48.7 Å². The van der Waals surface area contributed by atoms with Crippen molar-refractivity contribution in [3.8, 4) is 11.4 Å². The first-order valence-electron chi connectivity index (χ1n) is 10.7. The van der Waals surface area contributed by atoms with Crippen molar-refractivity contribution < 1.29 is 13.2 Å². The second-order valence-corrected chi connectivity index (χ2v) is 8.21. The molecule has 2 aromatic heterocycles. The highest BCUT2D eigenvalue weighted by Crippen LogP contribution is 2.30. The SMILES string of the molecule is Cc1n[nH]c2ccc(-c3nncc(N4CCNC(Cc5cccc(C(F)(F)F)c5)C4)n3)cc12. The predicted molar refractivity (Wildman–Crippen MR) is 119 cm³/mol. The smallest absolute Gasteiger partial charge is 0.352 e. The highest BCUT2D eigenvalue weighted by molar-refractivity contribution is 5.85. The van der Waals surface area contributed by atoms with E-state index in [0.717, 1.165) is 34.8 Å². The molecule has 1 aliphatic heterocycles. The zero-order valence-corrected chi connectivity index (χ0v) is 17.9. The lowest BCUT2D eigenvalue weighted by Crippen LogP contribution is -2.52. The standard InChI is InChI=1S/C23H22F3N7/c1-14-19-11-16(5-6-20(19)31-30-14)22-29-21(12-28-32-22)33-8-7-27-18(13-33)10-15-3-2-4-17(9-15)23(24,25)26/h2-6,9,11-12,18,27H,7-8,10,13H2,1H3,(H,30,31). The summed E-state index contributed by atoms with van der Waals surface area (Å²) in [6.07, 6.45) is -2.23. The average molecular weight is 453 g/mol. The van der Waals surface area contributed by atoms with Crippen molar-refractivity contribution in [2.45, 2.75) is 25.6 Å². The van der Waals surface area contributed by atoms with Gasteiger partial charge in [-0.05, 0) is 43.2 Å². The summed E-state index contributed by atoms with van der Waals surface area (Å²) >= 11 is 0. The van der Waals surface area contributed by atoms with Gasteiger partial charge in [0, 0.05) is 36.6 Å². The summed E-state index contributed by atoms with van der Waals surface area (Å²) in [5.74, 6) is 1.21. The molecule has 5 rings (SSSR count). The zero-order valence-electron chi connectivity index (χ0n) is 17.9. The van der Waals surface area contributed by atoms with E-state index in [2.05, 4.69) is 30.6 Å². The first-order valence-corrected chi connectivity index (χ1v) is 10.7. The summed E-state index contributed by atoms with van der Waals surface area (Å²) in [7, 11) is 0. The number of nitrogens with zero attached hydrogens (tertiary/aromatic N) is 5. The Balaban J connectivity index is 1.34. The Kier molecular flexibility index (Phi) is 5.45. The van der Waals surface area contributed by atoms with Gasteiger partial charge in [0.1, 0.15) is 0 Å². The van der Waals surface area contributed by atoms with E-state index in [0.29, 0.717) is 36.7 Å². The van der Waals surface area contributed by atoms with Gasteiger partial charge in [0.25, 0.3) is 0 Å². The van der Waals surface area contributed by atoms with E-state index >= 15 is 0 Å². The van der Waals surface area contributed by atoms with Gasteiger partial charge in [-0.15, -0.1) is 5.10 Å². The van der Waals surface area contributed by atoms with Crippen molar-refractivity contribution in [3.63, 3.8) is 0 Å². The second-order valence-electron chi connectivity index (χ2n) is 8.21. The molecular formula is C23H22F3N7. The molecule has 33 heavy (non-hydrogen) atoms. The Bertz CT molecular complexity index is 1280. The molecule has 1 aliphatic rings. The van der Waals surface area contributed by atoms with Crippen LogP contribution in [0, 0.1) is 6.92 Å². The van der Waals surface area contributed by atoms with Gasteiger partial charge in [-0.25, -0.2) is 4.98 Å². The van der Waals surface area contributed by atoms with Crippen molar-refractivity contribution in [2.75, 3.05) is 24.5 Å². The van der Waals surface area contributed by atoms with E-state index < -0.39 is 11.7 Å². The van der Waals surface area contributed by atoms with E-state index in [1.54, 1.807) is 12.3 Å². The fraction of sp³-hybridized carbons (Fsp3) is 0.304. The maximum Gasteiger partial charge on any atom is 0.416 e. The van der Waals surface area contributed by atoms with Crippen molar-refractivity contribution in [2.24, 2.45) is 0 Å². The molecule has 1 unspecified atom stereocenters. The van der Waals surface area contributed by atoms with Crippen LogP contribution in [0.25, 0.3) is 22.3 Å². The van der Waals surface area contributed by atoms with E-state index in [9.17, 15) is 13.2 Å². The van der Waals surface area contributed by atoms with Gasteiger partial charge in [-0.1, -0.05) is 18.2 Å². The normalized spacial score (nSPS) is 17.0. The molecular weight excluding hydrogens is 431 g/mol. The van der Waals surface area contributed by atoms with Crippen molar-refractivity contribution in [1.82, 2.24) is 30.7 Å². The molecule has 0 spiro atoms. The monoisotopic (exact) mass is 453 g/mol. The van der Waals surface area contributed by atoms with Crippen LogP contribution in [-0.4, -0.2) is 51.1 Å². The van der Waals surface area contributed by atoms with Crippen LogP contribution in [0.2, 0.25) is 0 Å². The molecule has 0 amide bonds. The number of halogens is 3. The summed E-state index contributed by atoms with van der Waals surface area (Å²) in [5.41, 5.74) is 2.71. The van der Waals surface area contributed by atoms with Crippen LogP contribution < -0.4 is 10.2 Å². The molecule has 0 aliphatic carbocycles. The minimum Gasteiger partial charge on any atom is -0.352 e. The Hall–Kier alpha value is -3.53. The topological polar surface area (TPSA) is 82.6 Å². The van der Waals surface area contributed by atoms with Gasteiger partial charge >= 0.3 is 6.18 Å². The number of benzene rings is 2. The zero-order chi connectivity index (χ0) is 23.0. The number of hydrogen-bond donors (Lipinski definition) is 2. The number of piperazine rings is 1. The van der Waals surface area contributed by atoms with E-state index in [1.165, 1.54) is 12.1 Å². The van der Waals surface area contributed by atoms with Crippen LogP contribution in [0.5, 0.6) is 0 Å². The maximum absolute atomic E-state index is 13.0. The Morgan fingerprint density at radius 2 is 2.03 bits per heavy atom. The molecule has 4 aromatic rings. The number of alkyl halides is 3. The number of aromatic nitrogens is 5. The van der Waals surface area contributed by atoms with E-state index in [1.807, 2.05) is 25.1 Å². The number of anilines is 1. The molecule has 0 radical (unpaired) electrons. The minimum absolute atomic E-state index is 0.00872. The van der Waals surface area contributed by atoms with Crippen LogP contribution in [0.4, 0.5) is 19.0 Å². The van der Waals surface area contributed by atoms with Gasteiger partial charge in [0.2, 0.25) is 0 Å². The molecule has 0 bridgehead atoms. The van der Waals surface area contributed by atoms with Gasteiger partial charge in [0.05, 0.1) is 23.0 Å². The third-order valence-corrected chi connectivity index (χ3v) is 5.87. The van der Waals surface area contributed by atoms with Gasteiger partial charge in [0.15, 0.2) is 11.6 Å². The largest absolute Gasteiger partial charge is 0.416 e. The van der Waals surface area contributed by atoms with E-state index in [4.69, 9.17) is 4.98 Å². The Morgan fingerprint density at radius 3 is 2.88 bits per heavy atom. The molecule has 3 heterocycles. The fourth-order valence-electron chi connectivity index (χ4n) is 4.18. The van der Waals surface area contributed by atoms with E-state index in [-0.39, 0.29) is 6.04 Å². The van der Waals surface area contributed by atoms with Gasteiger partial charge in [-0.2, -0.15) is 23.4 Å². The lowest BCUT2D eigenvalue weighted by atomic mass is 10.0. The summed E-state index contributed by atoms with van der Waals surface area (Å²) < 4.78 is 39.1. The predicted octanol–water partition coefficient (Wildman–Crippen LogP) is 3.76. The van der Waals surface area contributed by atoms with Crippen molar-refractivity contribution in [1.29, 1.82) is 0 Å². The number of aryl methyl sites for hydroxylation is 1. The molecule has 7 nitrogen and oxygen atoms in total. The van der Waals surface area contributed by atoms with Gasteiger partial charge in [-0.3, -0.25) is 5.10 Å². The highest BCUT2D eigenvalue weighted by Gasteiger charge is 2.30. The Labute approximate surface area is 188 Å². The number of hydrogen-bond acceptors (Lipinski definition) is 6. The van der Waals surface area contributed by atoms with Crippen molar-refractivity contribution in [3.05, 3.63) is 65.5 Å². The number of nitrogens with one attached hydrogen (secondary N) is 2. The number of fused-ring (bicyclic) bond motifs is 1. The molecule has 1 atom stereocenters. The molecule has 2 aromatic carbocycles. The quantitative estimate of drug-likeness (QED) is 0.490. The summed E-state index contributed by atoms with van der Waals surface area (Å²) in [6.45, 7) is 3.96. The summed E-state index contributed by atoms with van der Waals surface area (Å²) in [4.78, 5) is 6.81. The maximum atomic E-state index is 13.0. The van der Waals surface area contributed by atoms with Gasteiger partial charge < -0.3 is 10.2 Å². The van der Waals surface area contributed by atoms with Crippen LogP contribution >= 0.6 is 0 Å². The molecule has 0 saturated carbocycles. The van der Waals surface area contributed by atoms with Crippen LogP contribution in [0.3, 0.4) is 0 Å². The molecule has 10 heteroatoms. The summed E-state index contributed by atoms with van der Waals surface area (Å²) in [6, 6.07) is 11.4. The Morgan fingerprint density at radius 1 is 1.15 bits per heavy atom. The van der Waals surface area contributed by atoms with Crippen LogP contribution in [0.1, 0.15) is 16.8 Å². The summed E-state index contributed by atoms with van der Waals surface area (Å²) in [5, 5.41) is 20.0. The molecule has 1 saturated heterocycles. The lowest BCUT2D eigenvalue weighted by Gasteiger charge is -2.34. The number of aromatic amines is 1. The third-order valence-electron chi connectivity index (χ3n) is 5.87. The first kappa shape index (κ1) is 21.3. The lowest BCUT2D eigenvalue weighted by molar-refractivity contribution is -0.137. The van der Waals surface area contributed by atoms with Crippen molar-refractivity contribution >= 4 is 16.7 Å². The molecule has 170 valence electrons. The second kappa shape index (κ2) is 8.43.